The van der Waals surface area contributed by atoms with Crippen LogP contribution >= 0.6 is 11.3 Å². The number of aromatic nitrogens is 1. The molecule has 0 radical (unpaired) electrons. The standard InChI is InChI=1S/C16H19FN2O4S2/c1-3-9-19(25(21,22)13-7-5-12(17)6-8-13)10-15-18-14(11-24-15)16(20)23-4-2/h5-8,11H,3-4,9-10H2,1-2H3. The van der Waals surface area contributed by atoms with Crippen molar-refractivity contribution in [1.29, 1.82) is 0 Å². The Morgan fingerprint density at radius 1 is 1.28 bits per heavy atom. The third-order valence-electron chi connectivity index (χ3n) is 3.27. The molecular formula is C16H19FN2O4S2. The molecule has 0 bridgehead atoms. The summed E-state index contributed by atoms with van der Waals surface area (Å²) in [4.78, 5) is 15.8. The zero-order chi connectivity index (χ0) is 18.4. The number of carbonyl (C=O) groups excluding carboxylic acids is 1. The molecule has 2 rings (SSSR count). The highest BCUT2D eigenvalue weighted by Gasteiger charge is 2.25. The molecule has 136 valence electrons. The van der Waals surface area contributed by atoms with Crippen molar-refractivity contribution < 1.29 is 22.3 Å². The van der Waals surface area contributed by atoms with Gasteiger partial charge >= 0.3 is 5.97 Å². The fourth-order valence-electron chi connectivity index (χ4n) is 2.12. The van der Waals surface area contributed by atoms with Crippen LogP contribution in [0, 0.1) is 5.82 Å². The van der Waals surface area contributed by atoms with Gasteiger partial charge in [-0.25, -0.2) is 22.6 Å². The Bertz CT molecular complexity index is 819. The predicted molar refractivity (Wildman–Crippen MR) is 92.4 cm³/mol. The van der Waals surface area contributed by atoms with E-state index in [-0.39, 0.29) is 30.3 Å². The quantitative estimate of drug-likeness (QED) is 0.652. The van der Waals surface area contributed by atoms with Crippen LogP contribution in [0.15, 0.2) is 34.5 Å². The Morgan fingerprint density at radius 2 is 1.96 bits per heavy atom. The van der Waals surface area contributed by atoms with Crippen LogP contribution in [0.3, 0.4) is 0 Å². The van der Waals surface area contributed by atoms with E-state index in [1.54, 1.807) is 12.3 Å². The zero-order valence-electron chi connectivity index (χ0n) is 13.9. The number of esters is 1. The van der Waals surface area contributed by atoms with Crippen molar-refractivity contribution in [3.63, 3.8) is 0 Å². The summed E-state index contributed by atoms with van der Waals surface area (Å²) in [6.45, 7) is 4.13. The van der Waals surface area contributed by atoms with Gasteiger partial charge in [0.2, 0.25) is 10.0 Å². The number of sulfonamides is 1. The second-order valence-electron chi connectivity index (χ2n) is 5.14. The fourth-order valence-corrected chi connectivity index (χ4v) is 4.48. The number of ether oxygens (including phenoxy) is 1. The van der Waals surface area contributed by atoms with Gasteiger partial charge in [-0.05, 0) is 37.6 Å². The fraction of sp³-hybridized carbons (Fsp3) is 0.375. The molecule has 0 aliphatic carbocycles. The van der Waals surface area contributed by atoms with Gasteiger partial charge in [0.15, 0.2) is 5.69 Å². The average molecular weight is 386 g/mol. The normalized spacial score (nSPS) is 11.7. The van der Waals surface area contributed by atoms with E-state index >= 15 is 0 Å². The first-order chi connectivity index (χ1) is 11.9. The molecule has 0 saturated heterocycles. The lowest BCUT2D eigenvalue weighted by molar-refractivity contribution is 0.0520. The molecule has 1 aromatic carbocycles. The minimum absolute atomic E-state index is 0.0181. The average Bonchev–Trinajstić information content (AvgIpc) is 3.04. The summed E-state index contributed by atoms with van der Waals surface area (Å²) in [5, 5.41) is 2.03. The number of hydrogen-bond acceptors (Lipinski definition) is 6. The van der Waals surface area contributed by atoms with Crippen molar-refractivity contribution in [3.8, 4) is 0 Å². The summed E-state index contributed by atoms with van der Waals surface area (Å²) in [7, 11) is -3.78. The van der Waals surface area contributed by atoms with Crippen LogP contribution in [-0.2, 0) is 21.3 Å². The van der Waals surface area contributed by atoms with Gasteiger partial charge in [0.05, 0.1) is 18.0 Å². The van der Waals surface area contributed by atoms with Crippen LogP contribution in [0.25, 0.3) is 0 Å². The molecule has 0 spiro atoms. The van der Waals surface area contributed by atoms with E-state index in [0.717, 1.165) is 12.1 Å². The number of halogens is 1. The van der Waals surface area contributed by atoms with Gasteiger partial charge in [0.25, 0.3) is 0 Å². The highest BCUT2D eigenvalue weighted by atomic mass is 32.2. The lowest BCUT2D eigenvalue weighted by Crippen LogP contribution is -2.31. The first-order valence-electron chi connectivity index (χ1n) is 7.75. The van der Waals surface area contributed by atoms with Gasteiger partial charge in [-0.1, -0.05) is 6.92 Å². The minimum atomic E-state index is -3.78. The van der Waals surface area contributed by atoms with E-state index in [9.17, 15) is 17.6 Å². The first-order valence-corrected chi connectivity index (χ1v) is 10.1. The van der Waals surface area contributed by atoms with Crippen molar-refractivity contribution in [1.82, 2.24) is 9.29 Å². The van der Waals surface area contributed by atoms with E-state index in [0.29, 0.717) is 11.4 Å². The van der Waals surface area contributed by atoms with Crippen LogP contribution in [0.5, 0.6) is 0 Å². The zero-order valence-corrected chi connectivity index (χ0v) is 15.6. The first kappa shape index (κ1) is 19.5. The van der Waals surface area contributed by atoms with E-state index in [4.69, 9.17) is 4.74 Å². The maximum absolute atomic E-state index is 13.1. The van der Waals surface area contributed by atoms with Gasteiger partial charge in [0.1, 0.15) is 10.8 Å². The Labute approximate surface area is 150 Å². The Balaban J connectivity index is 2.23. The number of nitrogens with zero attached hydrogens (tertiary/aromatic N) is 2. The third kappa shape index (κ3) is 4.83. The Hall–Kier alpha value is -1.84. The van der Waals surface area contributed by atoms with Crippen molar-refractivity contribution in [2.24, 2.45) is 0 Å². The third-order valence-corrected chi connectivity index (χ3v) is 5.97. The van der Waals surface area contributed by atoms with Crippen molar-refractivity contribution in [3.05, 3.63) is 46.2 Å². The lowest BCUT2D eigenvalue weighted by Gasteiger charge is -2.20. The largest absolute Gasteiger partial charge is 0.461 e. The molecule has 25 heavy (non-hydrogen) atoms. The van der Waals surface area contributed by atoms with E-state index < -0.39 is 21.8 Å². The smallest absolute Gasteiger partial charge is 0.357 e. The van der Waals surface area contributed by atoms with Crippen LogP contribution in [0.2, 0.25) is 0 Å². The van der Waals surface area contributed by atoms with Gasteiger partial charge in [-0.3, -0.25) is 0 Å². The van der Waals surface area contributed by atoms with Gasteiger partial charge < -0.3 is 4.74 Å². The lowest BCUT2D eigenvalue weighted by atomic mass is 10.4. The van der Waals surface area contributed by atoms with Crippen molar-refractivity contribution in [2.45, 2.75) is 31.7 Å². The maximum Gasteiger partial charge on any atom is 0.357 e. The predicted octanol–water partition coefficient (Wildman–Crippen LogP) is 3.06. The summed E-state index contributed by atoms with van der Waals surface area (Å²) in [6, 6.07) is 4.69. The van der Waals surface area contributed by atoms with Gasteiger partial charge in [0, 0.05) is 11.9 Å². The number of rotatable bonds is 8. The van der Waals surface area contributed by atoms with Gasteiger partial charge in [-0.2, -0.15) is 4.31 Å². The maximum atomic E-state index is 13.1. The molecular weight excluding hydrogens is 367 g/mol. The highest BCUT2D eigenvalue weighted by molar-refractivity contribution is 7.89. The molecule has 0 amide bonds. The van der Waals surface area contributed by atoms with E-state index in [1.165, 1.54) is 27.8 Å². The second kappa shape index (κ2) is 8.50. The summed E-state index contributed by atoms with van der Waals surface area (Å²) in [5.41, 5.74) is 0.164. The molecule has 2 aromatic rings. The molecule has 0 fully saturated rings. The van der Waals surface area contributed by atoms with Crippen molar-refractivity contribution in [2.75, 3.05) is 13.2 Å². The molecule has 0 N–H and O–H groups in total. The van der Waals surface area contributed by atoms with Crippen molar-refractivity contribution >= 4 is 27.3 Å². The molecule has 6 nitrogen and oxygen atoms in total. The van der Waals surface area contributed by atoms with Gasteiger partial charge in [-0.15, -0.1) is 11.3 Å². The minimum Gasteiger partial charge on any atom is -0.461 e. The van der Waals surface area contributed by atoms with Crippen LogP contribution < -0.4 is 0 Å². The number of thiazole rings is 1. The molecule has 1 heterocycles. The molecule has 1 aromatic heterocycles. The number of carbonyl (C=O) groups is 1. The van der Waals surface area contributed by atoms with E-state index in [1.807, 2.05) is 6.92 Å². The number of benzene rings is 1. The summed E-state index contributed by atoms with van der Waals surface area (Å²) < 4.78 is 44.7. The SMILES string of the molecule is CCCN(Cc1nc(C(=O)OCC)cs1)S(=O)(=O)c1ccc(F)cc1. The summed E-state index contributed by atoms with van der Waals surface area (Å²) in [5.74, 6) is -1.03. The highest BCUT2D eigenvalue weighted by Crippen LogP contribution is 2.21. The topological polar surface area (TPSA) is 76.6 Å². The molecule has 9 heteroatoms. The van der Waals surface area contributed by atoms with Crippen LogP contribution in [0.1, 0.15) is 35.8 Å². The monoisotopic (exact) mass is 386 g/mol. The molecule has 0 aliphatic heterocycles. The summed E-state index contributed by atoms with van der Waals surface area (Å²) in [6.07, 6.45) is 0.608. The molecule has 0 unspecified atom stereocenters. The van der Waals surface area contributed by atoms with Crippen LogP contribution in [-0.4, -0.2) is 36.8 Å². The Morgan fingerprint density at radius 3 is 2.56 bits per heavy atom. The van der Waals surface area contributed by atoms with Crippen LogP contribution in [0.4, 0.5) is 4.39 Å². The second-order valence-corrected chi connectivity index (χ2v) is 8.02. The molecule has 0 saturated carbocycles. The summed E-state index contributed by atoms with van der Waals surface area (Å²) >= 11 is 1.19. The Kier molecular flexibility index (Phi) is 6.63. The number of hydrogen-bond donors (Lipinski definition) is 0. The molecule has 0 atom stereocenters. The van der Waals surface area contributed by atoms with E-state index in [2.05, 4.69) is 4.98 Å². The molecule has 0 aliphatic rings.